The second-order valence-electron chi connectivity index (χ2n) is 6.73. The second-order valence-corrected chi connectivity index (χ2v) is 6.73. The predicted octanol–water partition coefficient (Wildman–Crippen LogP) is 4.77. The second kappa shape index (κ2) is 6.13. The van der Waals surface area contributed by atoms with E-state index in [4.69, 9.17) is 9.84 Å². The lowest BCUT2D eigenvalue weighted by atomic mass is 9.95. The van der Waals surface area contributed by atoms with E-state index in [9.17, 15) is 9.50 Å². The number of benzene rings is 3. The maximum atomic E-state index is 13.8. The highest BCUT2D eigenvalue weighted by Gasteiger charge is 2.41. The van der Waals surface area contributed by atoms with Crippen LogP contribution in [0.3, 0.4) is 0 Å². The molecule has 27 heavy (non-hydrogen) atoms. The van der Waals surface area contributed by atoms with Crippen LogP contribution < -0.4 is 4.74 Å². The number of rotatable bonds is 2. The first-order valence-electron chi connectivity index (χ1n) is 8.86. The summed E-state index contributed by atoms with van der Waals surface area (Å²) in [5, 5.41) is 16.9. The van der Waals surface area contributed by atoms with Gasteiger partial charge in [-0.3, -0.25) is 0 Å². The summed E-state index contributed by atoms with van der Waals surface area (Å²) in [6.07, 6.45) is 0.119. The molecular formula is C22H17FN2O2. The molecule has 0 radical (unpaired) electrons. The number of halogens is 1. The molecule has 3 aromatic carbocycles. The van der Waals surface area contributed by atoms with Crippen LogP contribution in [0.4, 0.5) is 4.39 Å². The minimum Gasteiger partial charge on any atom is -0.507 e. The molecule has 134 valence electrons. The lowest BCUT2D eigenvalue weighted by Crippen LogP contribution is -2.33. The van der Waals surface area contributed by atoms with Crippen molar-refractivity contribution in [1.82, 2.24) is 5.01 Å². The molecule has 2 heterocycles. The van der Waals surface area contributed by atoms with E-state index in [1.165, 1.54) is 12.1 Å². The molecule has 1 N–H and O–H groups in total. The van der Waals surface area contributed by atoms with Gasteiger partial charge in [0.25, 0.3) is 0 Å². The molecule has 5 rings (SSSR count). The van der Waals surface area contributed by atoms with Gasteiger partial charge in [-0.25, -0.2) is 9.40 Å². The first kappa shape index (κ1) is 15.9. The van der Waals surface area contributed by atoms with Gasteiger partial charge in [0.2, 0.25) is 6.23 Å². The number of fused-ring (bicyclic) bond motifs is 3. The monoisotopic (exact) mass is 360 g/mol. The van der Waals surface area contributed by atoms with Crippen LogP contribution in [0.2, 0.25) is 0 Å². The maximum absolute atomic E-state index is 13.8. The van der Waals surface area contributed by atoms with Crippen molar-refractivity contribution < 1.29 is 14.2 Å². The zero-order valence-electron chi connectivity index (χ0n) is 14.4. The summed E-state index contributed by atoms with van der Waals surface area (Å²) in [4.78, 5) is 0. The van der Waals surface area contributed by atoms with Crippen LogP contribution in [0.5, 0.6) is 11.5 Å². The quantitative estimate of drug-likeness (QED) is 0.716. The van der Waals surface area contributed by atoms with E-state index in [0.29, 0.717) is 17.5 Å². The number of ether oxygens (including phenoxy) is 1. The summed E-state index contributed by atoms with van der Waals surface area (Å²) in [5.41, 5.74) is 3.25. The van der Waals surface area contributed by atoms with Gasteiger partial charge in [0.1, 0.15) is 17.3 Å². The third kappa shape index (κ3) is 2.63. The molecular weight excluding hydrogens is 343 g/mol. The van der Waals surface area contributed by atoms with Gasteiger partial charge in [0.05, 0.1) is 11.8 Å². The van der Waals surface area contributed by atoms with E-state index in [0.717, 1.165) is 17.0 Å². The van der Waals surface area contributed by atoms with Gasteiger partial charge in [0, 0.05) is 23.1 Å². The molecule has 2 atom stereocenters. The summed E-state index contributed by atoms with van der Waals surface area (Å²) < 4.78 is 20.0. The van der Waals surface area contributed by atoms with Crippen molar-refractivity contribution in [1.29, 1.82) is 0 Å². The van der Waals surface area contributed by atoms with Crippen LogP contribution in [-0.4, -0.2) is 15.8 Å². The Morgan fingerprint density at radius 2 is 1.81 bits per heavy atom. The van der Waals surface area contributed by atoms with E-state index in [1.807, 2.05) is 47.5 Å². The lowest BCUT2D eigenvalue weighted by Gasteiger charge is -2.38. The van der Waals surface area contributed by atoms with Gasteiger partial charge in [0.15, 0.2) is 0 Å². The summed E-state index contributed by atoms with van der Waals surface area (Å²) in [6.45, 7) is 0. The Kier molecular flexibility index (Phi) is 3.60. The molecule has 5 heteroatoms. The summed E-state index contributed by atoms with van der Waals surface area (Å²) in [7, 11) is 0. The Morgan fingerprint density at radius 1 is 1.00 bits per heavy atom. The van der Waals surface area contributed by atoms with Crippen LogP contribution in [0.25, 0.3) is 0 Å². The van der Waals surface area contributed by atoms with Gasteiger partial charge < -0.3 is 9.84 Å². The van der Waals surface area contributed by atoms with Crippen LogP contribution in [0.15, 0.2) is 77.9 Å². The number of aromatic hydroxyl groups is 1. The highest BCUT2D eigenvalue weighted by atomic mass is 19.1. The lowest BCUT2D eigenvalue weighted by molar-refractivity contribution is -0.0192. The molecule has 3 aromatic rings. The fourth-order valence-electron chi connectivity index (χ4n) is 3.79. The normalized spacial score (nSPS) is 20.5. The Balaban J connectivity index is 1.62. The number of hydrazone groups is 1. The van der Waals surface area contributed by atoms with Gasteiger partial charge >= 0.3 is 0 Å². The van der Waals surface area contributed by atoms with Crippen molar-refractivity contribution in [3.05, 3.63) is 95.3 Å². The molecule has 0 saturated heterocycles. The van der Waals surface area contributed by atoms with E-state index in [1.54, 1.807) is 18.2 Å². The number of nitrogens with zero attached hydrogens (tertiary/aromatic N) is 2. The number of hydrogen-bond acceptors (Lipinski definition) is 4. The Bertz CT molecular complexity index is 1050. The summed E-state index contributed by atoms with van der Waals surface area (Å²) in [6, 6.07) is 21.4. The fraction of sp³-hybridized carbons (Fsp3) is 0.136. The van der Waals surface area contributed by atoms with Crippen molar-refractivity contribution in [3.8, 4) is 11.5 Å². The predicted molar refractivity (Wildman–Crippen MR) is 100 cm³/mol. The number of phenols is 1. The van der Waals surface area contributed by atoms with Gasteiger partial charge in [-0.1, -0.05) is 42.5 Å². The van der Waals surface area contributed by atoms with Gasteiger partial charge in [-0.15, -0.1) is 0 Å². The molecule has 0 saturated carbocycles. The Morgan fingerprint density at radius 3 is 2.67 bits per heavy atom. The molecule has 0 unspecified atom stereocenters. The molecule has 0 aliphatic carbocycles. The highest BCUT2D eigenvalue weighted by molar-refractivity contribution is 6.04. The fourth-order valence-corrected chi connectivity index (χ4v) is 3.79. The number of para-hydroxylation sites is 2. The molecule has 2 aliphatic heterocycles. The third-order valence-corrected chi connectivity index (χ3v) is 5.05. The maximum Gasteiger partial charge on any atom is 0.213 e. The standard InChI is InChI=1S/C22H17FN2O2/c23-15-7-5-6-14(12-15)22-25-19(17-9-2-4-11-21(17)27-22)13-18(24-25)16-8-1-3-10-20(16)26/h1-12,19,22,26H,13H2/t19-,22-/m0/s1. The Labute approximate surface area is 156 Å². The largest absolute Gasteiger partial charge is 0.507 e. The molecule has 2 aliphatic rings. The highest BCUT2D eigenvalue weighted by Crippen LogP contribution is 2.47. The topological polar surface area (TPSA) is 45.1 Å². The van der Waals surface area contributed by atoms with Crippen molar-refractivity contribution >= 4 is 5.71 Å². The zero-order valence-corrected chi connectivity index (χ0v) is 14.4. The van der Waals surface area contributed by atoms with Crippen molar-refractivity contribution in [2.24, 2.45) is 5.10 Å². The van der Waals surface area contributed by atoms with Crippen LogP contribution in [0.1, 0.15) is 35.4 Å². The third-order valence-electron chi connectivity index (χ3n) is 5.05. The average Bonchev–Trinajstić information content (AvgIpc) is 3.13. The minimum atomic E-state index is -0.524. The molecule has 0 amide bonds. The average molecular weight is 360 g/mol. The van der Waals surface area contributed by atoms with E-state index >= 15 is 0 Å². The van der Waals surface area contributed by atoms with E-state index < -0.39 is 6.23 Å². The van der Waals surface area contributed by atoms with Crippen LogP contribution in [-0.2, 0) is 0 Å². The molecule has 0 bridgehead atoms. The van der Waals surface area contributed by atoms with Crippen LogP contribution in [0, 0.1) is 5.82 Å². The van der Waals surface area contributed by atoms with Crippen LogP contribution >= 0.6 is 0 Å². The molecule has 0 fully saturated rings. The SMILES string of the molecule is Oc1ccccc1C1=NN2[C@@H](C1)c1ccccc1O[C@H]2c1cccc(F)c1. The molecule has 4 nitrogen and oxygen atoms in total. The van der Waals surface area contributed by atoms with Crippen molar-refractivity contribution in [2.75, 3.05) is 0 Å². The zero-order chi connectivity index (χ0) is 18.4. The van der Waals surface area contributed by atoms with Gasteiger partial charge in [-0.2, -0.15) is 5.10 Å². The van der Waals surface area contributed by atoms with E-state index in [2.05, 4.69) is 0 Å². The first-order valence-corrected chi connectivity index (χ1v) is 8.86. The summed E-state index contributed by atoms with van der Waals surface area (Å²) in [5.74, 6) is 0.671. The van der Waals surface area contributed by atoms with Crippen molar-refractivity contribution in [3.63, 3.8) is 0 Å². The summed E-state index contributed by atoms with van der Waals surface area (Å²) >= 11 is 0. The van der Waals surface area contributed by atoms with Crippen molar-refractivity contribution in [2.45, 2.75) is 18.7 Å². The smallest absolute Gasteiger partial charge is 0.213 e. The molecule has 0 aromatic heterocycles. The Hall–Kier alpha value is -3.34. The number of hydrogen-bond donors (Lipinski definition) is 1. The first-order chi connectivity index (χ1) is 13.2. The van der Waals surface area contributed by atoms with E-state index in [-0.39, 0.29) is 17.6 Å². The minimum absolute atomic E-state index is 0.0298. The number of phenolic OH excluding ortho intramolecular Hbond substituents is 1. The molecule has 0 spiro atoms. The van der Waals surface area contributed by atoms with Gasteiger partial charge in [-0.05, 0) is 30.3 Å².